The Morgan fingerprint density at radius 2 is 1.71 bits per heavy atom. The molecular weight excluding hydrogens is 449 g/mol. The van der Waals surface area contributed by atoms with E-state index in [1.807, 2.05) is 4.90 Å². The molecule has 1 aromatic carbocycles. The van der Waals surface area contributed by atoms with E-state index in [2.05, 4.69) is 9.88 Å². The van der Waals surface area contributed by atoms with Crippen molar-refractivity contribution in [2.45, 2.75) is 50.7 Å². The molecule has 1 saturated carbocycles. The highest BCUT2D eigenvalue weighted by Gasteiger charge is 2.41. The summed E-state index contributed by atoms with van der Waals surface area (Å²) < 4.78 is 26.1. The van der Waals surface area contributed by atoms with Gasteiger partial charge in [0.05, 0.1) is 30.0 Å². The monoisotopic (exact) mass is 481 g/mol. The lowest BCUT2D eigenvalue weighted by molar-refractivity contribution is -0.169. The number of carbonyl (C=O) groups excluding carboxylic acids is 2. The fraction of sp³-hybridized carbons (Fsp3) is 0.593. The van der Waals surface area contributed by atoms with E-state index in [0.29, 0.717) is 80.9 Å². The fourth-order valence-corrected chi connectivity index (χ4v) is 5.96. The van der Waals surface area contributed by atoms with Crippen molar-refractivity contribution in [2.24, 2.45) is 11.8 Å². The molecule has 0 bridgehead atoms. The van der Waals surface area contributed by atoms with Gasteiger partial charge in [0.25, 0.3) is 5.91 Å². The molecule has 1 spiro atoms. The molecule has 3 saturated heterocycles. The second-order valence-electron chi connectivity index (χ2n) is 10.4. The Morgan fingerprint density at radius 1 is 0.971 bits per heavy atom. The number of ether oxygens (including phenoxy) is 2. The summed E-state index contributed by atoms with van der Waals surface area (Å²) >= 11 is 0. The van der Waals surface area contributed by atoms with Crippen LogP contribution in [-0.2, 0) is 14.3 Å². The summed E-state index contributed by atoms with van der Waals surface area (Å²) in [5.74, 6) is -0.273. The van der Waals surface area contributed by atoms with Crippen LogP contribution in [0.4, 0.5) is 10.1 Å². The van der Waals surface area contributed by atoms with E-state index in [4.69, 9.17) is 9.47 Å². The van der Waals surface area contributed by atoms with Crippen molar-refractivity contribution in [1.29, 1.82) is 0 Å². The van der Waals surface area contributed by atoms with Crippen LogP contribution < -0.4 is 4.90 Å². The minimum absolute atomic E-state index is 0.0632. The molecule has 8 heteroatoms. The molecule has 35 heavy (non-hydrogen) atoms. The van der Waals surface area contributed by atoms with Crippen molar-refractivity contribution in [3.63, 3.8) is 0 Å². The molecule has 4 heterocycles. The number of ketones is 1. The van der Waals surface area contributed by atoms with Gasteiger partial charge in [-0.05, 0) is 50.3 Å². The number of anilines is 1. The van der Waals surface area contributed by atoms with Gasteiger partial charge in [-0.1, -0.05) is 0 Å². The number of pyridine rings is 1. The van der Waals surface area contributed by atoms with Gasteiger partial charge in [-0.25, -0.2) is 4.39 Å². The van der Waals surface area contributed by atoms with Crippen LogP contribution in [0.2, 0.25) is 0 Å². The molecule has 0 radical (unpaired) electrons. The minimum atomic E-state index is -0.539. The number of aromatic nitrogens is 1. The van der Waals surface area contributed by atoms with Crippen molar-refractivity contribution >= 4 is 28.3 Å². The Balaban J connectivity index is 1.29. The lowest BCUT2D eigenvalue weighted by atomic mass is 9.93. The normalized spacial score (nSPS) is 24.7. The van der Waals surface area contributed by atoms with Gasteiger partial charge in [0, 0.05) is 62.4 Å². The summed E-state index contributed by atoms with van der Waals surface area (Å²) in [4.78, 5) is 35.0. The molecule has 1 aliphatic carbocycles. The first-order valence-corrected chi connectivity index (χ1v) is 13.0. The Kier molecular flexibility index (Phi) is 5.96. The Labute approximate surface area is 204 Å². The van der Waals surface area contributed by atoms with Gasteiger partial charge < -0.3 is 19.3 Å². The van der Waals surface area contributed by atoms with Gasteiger partial charge in [-0.15, -0.1) is 0 Å². The average Bonchev–Trinajstić information content (AvgIpc) is 3.67. The van der Waals surface area contributed by atoms with Gasteiger partial charge in [0.15, 0.2) is 5.79 Å². The Morgan fingerprint density at radius 3 is 2.46 bits per heavy atom. The van der Waals surface area contributed by atoms with Crippen LogP contribution >= 0.6 is 0 Å². The fourth-order valence-electron chi connectivity index (χ4n) is 5.96. The highest BCUT2D eigenvalue weighted by Crippen LogP contribution is 2.39. The van der Waals surface area contributed by atoms with Crippen LogP contribution in [0.5, 0.6) is 0 Å². The van der Waals surface area contributed by atoms with Crippen molar-refractivity contribution in [3.8, 4) is 0 Å². The first-order chi connectivity index (χ1) is 17.0. The molecule has 7 nitrogen and oxygen atoms in total. The minimum Gasteiger partial charge on any atom is -0.370 e. The Hall–Kier alpha value is -2.58. The third-order valence-electron chi connectivity index (χ3n) is 8.08. The van der Waals surface area contributed by atoms with Crippen LogP contribution in [0.3, 0.4) is 0 Å². The maximum Gasteiger partial charge on any atom is 0.257 e. The highest BCUT2D eigenvalue weighted by molar-refractivity contribution is 6.07. The third kappa shape index (κ3) is 4.42. The molecule has 4 aliphatic rings. The number of piperidine rings is 1. The van der Waals surface area contributed by atoms with Crippen molar-refractivity contribution in [3.05, 3.63) is 35.8 Å². The molecule has 1 unspecified atom stereocenters. The zero-order chi connectivity index (χ0) is 24.0. The van der Waals surface area contributed by atoms with Crippen LogP contribution in [0, 0.1) is 17.7 Å². The molecule has 2 aromatic rings. The standard InChI is InChI=1S/C27H32FN3O4/c28-20-5-6-23-21(16-20)24(30-12-8-27(9-13-30)34-14-15-35-27)22(17-29-23)26(33)31-10-1-2-18(7-11-31)25(32)19-3-4-19/h5-6,16-19H,1-4,7-15H2. The molecule has 1 atom stereocenters. The zero-order valence-electron chi connectivity index (χ0n) is 20.0. The van der Waals surface area contributed by atoms with Crippen molar-refractivity contribution in [2.75, 3.05) is 44.3 Å². The SMILES string of the molecule is O=C(C1CC1)C1CCCN(C(=O)c2cnc3ccc(F)cc3c2N2CCC3(CC2)OCCO3)CC1. The quantitative estimate of drug-likeness (QED) is 0.659. The number of fused-ring (bicyclic) bond motifs is 1. The van der Waals surface area contributed by atoms with Gasteiger partial charge >= 0.3 is 0 Å². The second-order valence-corrected chi connectivity index (χ2v) is 10.4. The number of halogens is 1. The van der Waals surface area contributed by atoms with E-state index in [1.165, 1.54) is 12.1 Å². The lowest BCUT2D eigenvalue weighted by Crippen LogP contribution is -2.46. The predicted molar refractivity (Wildman–Crippen MR) is 129 cm³/mol. The second kappa shape index (κ2) is 9.13. The Bertz CT molecular complexity index is 1130. The van der Waals surface area contributed by atoms with E-state index < -0.39 is 5.79 Å². The van der Waals surface area contributed by atoms with Gasteiger partial charge in [0.1, 0.15) is 11.6 Å². The molecule has 3 aliphatic heterocycles. The van der Waals surface area contributed by atoms with E-state index >= 15 is 0 Å². The summed E-state index contributed by atoms with van der Waals surface area (Å²) in [5, 5.41) is 0.650. The number of Topliss-reactive ketones (excluding diaryl/α,β-unsaturated/α-hetero) is 1. The number of nitrogens with zero attached hydrogens (tertiary/aromatic N) is 3. The topological polar surface area (TPSA) is 72.0 Å². The largest absolute Gasteiger partial charge is 0.370 e. The molecule has 1 aromatic heterocycles. The lowest BCUT2D eigenvalue weighted by Gasteiger charge is -2.39. The molecule has 1 amide bonds. The number of hydrogen-bond donors (Lipinski definition) is 0. The van der Waals surface area contributed by atoms with E-state index in [1.54, 1.807) is 12.3 Å². The van der Waals surface area contributed by atoms with E-state index in [0.717, 1.165) is 31.4 Å². The summed E-state index contributed by atoms with van der Waals surface area (Å²) in [6.45, 7) is 3.69. The van der Waals surface area contributed by atoms with Crippen molar-refractivity contribution in [1.82, 2.24) is 9.88 Å². The first kappa shape index (κ1) is 22.9. The number of amides is 1. The zero-order valence-corrected chi connectivity index (χ0v) is 20.0. The van der Waals surface area contributed by atoms with Crippen molar-refractivity contribution < 1.29 is 23.5 Å². The molecule has 186 valence electrons. The highest BCUT2D eigenvalue weighted by atomic mass is 19.1. The van der Waals surface area contributed by atoms with Crippen LogP contribution in [0.25, 0.3) is 10.9 Å². The summed E-state index contributed by atoms with van der Waals surface area (Å²) in [6.07, 6.45) is 7.45. The van der Waals surface area contributed by atoms with Crippen LogP contribution in [0.15, 0.2) is 24.4 Å². The number of benzene rings is 1. The molecular formula is C27H32FN3O4. The summed E-state index contributed by atoms with van der Waals surface area (Å²) in [5.41, 5.74) is 1.90. The number of likely N-dealkylation sites (tertiary alicyclic amines) is 1. The maximum absolute atomic E-state index is 14.3. The molecule has 0 N–H and O–H groups in total. The molecule has 6 rings (SSSR count). The van der Waals surface area contributed by atoms with Gasteiger partial charge in [-0.3, -0.25) is 14.6 Å². The number of rotatable bonds is 4. The molecule has 4 fully saturated rings. The van der Waals surface area contributed by atoms with Crippen LogP contribution in [-0.4, -0.2) is 66.8 Å². The summed E-state index contributed by atoms with van der Waals surface area (Å²) in [7, 11) is 0. The van der Waals surface area contributed by atoms with Gasteiger partial charge in [0.2, 0.25) is 0 Å². The van der Waals surface area contributed by atoms with E-state index in [9.17, 15) is 14.0 Å². The van der Waals surface area contributed by atoms with Crippen LogP contribution in [0.1, 0.15) is 55.3 Å². The number of hydrogen-bond acceptors (Lipinski definition) is 6. The predicted octanol–water partition coefficient (Wildman–Crippen LogP) is 3.94. The van der Waals surface area contributed by atoms with Gasteiger partial charge in [-0.2, -0.15) is 0 Å². The van der Waals surface area contributed by atoms with E-state index in [-0.39, 0.29) is 23.6 Å². The third-order valence-corrected chi connectivity index (χ3v) is 8.08. The average molecular weight is 482 g/mol. The number of carbonyl (C=O) groups is 2. The smallest absolute Gasteiger partial charge is 0.257 e. The maximum atomic E-state index is 14.3. The summed E-state index contributed by atoms with van der Waals surface area (Å²) in [6, 6.07) is 4.54. The first-order valence-electron chi connectivity index (χ1n) is 13.0.